The fourth-order valence-corrected chi connectivity index (χ4v) is 2.51. The number of aryl methyl sites for hydroxylation is 2. The number of carbonyl (C=O) groups excluding carboxylic acids is 1. The maximum Gasteiger partial charge on any atom is 0.449 e. The first kappa shape index (κ1) is 16.1. The molecular formula is C16H15F3N4O. The third-order valence-electron chi connectivity index (χ3n) is 3.75. The van der Waals surface area contributed by atoms with Gasteiger partial charge in [-0.2, -0.15) is 13.2 Å². The SMILES string of the molecule is Cc1ccc(C)n1CC(=O)Nc1ccc2nc(C(F)(F)F)[nH]c2c1. The molecule has 0 fully saturated rings. The molecule has 0 atom stereocenters. The zero-order valence-electron chi connectivity index (χ0n) is 13.0. The van der Waals surface area contributed by atoms with E-state index in [0.29, 0.717) is 5.69 Å². The van der Waals surface area contributed by atoms with Crippen molar-refractivity contribution < 1.29 is 18.0 Å². The number of nitrogens with zero attached hydrogens (tertiary/aromatic N) is 2. The second-order valence-corrected chi connectivity index (χ2v) is 5.57. The van der Waals surface area contributed by atoms with Gasteiger partial charge in [0.25, 0.3) is 0 Å². The number of alkyl halides is 3. The normalized spacial score (nSPS) is 11.9. The molecule has 3 rings (SSSR count). The van der Waals surface area contributed by atoms with Crippen molar-refractivity contribution in [3.63, 3.8) is 0 Å². The summed E-state index contributed by atoms with van der Waals surface area (Å²) in [6.07, 6.45) is -4.54. The van der Waals surface area contributed by atoms with Gasteiger partial charge in [0.1, 0.15) is 6.54 Å². The molecule has 1 amide bonds. The zero-order chi connectivity index (χ0) is 17.5. The summed E-state index contributed by atoms with van der Waals surface area (Å²) >= 11 is 0. The minimum Gasteiger partial charge on any atom is -0.340 e. The lowest BCUT2D eigenvalue weighted by molar-refractivity contribution is -0.144. The average Bonchev–Trinajstić information content (AvgIpc) is 3.05. The number of hydrogen-bond acceptors (Lipinski definition) is 2. The first-order chi connectivity index (χ1) is 11.2. The number of benzene rings is 1. The lowest BCUT2D eigenvalue weighted by Gasteiger charge is -2.10. The van der Waals surface area contributed by atoms with E-state index in [1.54, 1.807) is 0 Å². The van der Waals surface area contributed by atoms with Crippen molar-refractivity contribution in [2.45, 2.75) is 26.6 Å². The summed E-state index contributed by atoms with van der Waals surface area (Å²) in [6.45, 7) is 3.94. The molecule has 2 heterocycles. The Balaban J connectivity index is 1.79. The Hall–Kier alpha value is -2.77. The van der Waals surface area contributed by atoms with Crippen molar-refractivity contribution in [2.75, 3.05) is 5.32 Å². The summed E-state index contributed by atoms with van der Waals surface area (Å²) in [5, 5.41) is 2.69. The maximum absolute atomic E-state index is 12.7. The predicted molar refractivity (Wildman–Crippen MR) is 83.6 cm³/mol. The third-order valence-corrected chi connectivity index (χ3v) is 3.75. The molecule has 0 spiro atoms. The van der Waals surface area contributed by atoms with E-state index in [2.05, 4.69) is 15.3 Å². The molecule has 2 N–H and O–H groups in total. The van der Waals surface area contributed by atoms with Gasteiger partial charge in [-0.25, -0.2) is 4.98 Å². The third kappa shape index (κ3) is 3.12. The van der Waals surface area contributed by atoms with E-state index >= 15 is 0 Å². The molecule has 8 heteroatoms. The van der Waals surface area contributed by atoms with Crippen LogP contribution in [0.5, 0.6) is 0 Å². The quantitative estimate of drug-likeness (QED) is 0.767. The number of rotatable bonds is 3. The van der Waals surface area contributed by atoms with E-state index < -0.39 is 12.0 Å². The van der Waals surface area contributed by atoms with Crippen LogP contribution in [0.1, 0.15) is 17.2 Å². The van der Waals surface area contributed by atoms with Crippen molar-refractivity contribution in [3.05, 3.63) is 47.5 Å². The number of halogens is 3. The molecule has 24 heavy (non-hydrogen) atoms. The highest BCUT2D eigenvalue weighted by Crippen LogP contribution is 2.29. The van der Waals surface area contributed by atoms with Gasteiger partial charge in [0.2, 0.25) is 11.7 Å². The first-order valence-electron chi connectivity index (χ1n) is 7.23. The molecule has 0 aliphatic carbocycles. The van der Waals surface area contributed by atoms with Crippen molar-refractivity contribution in [3.8, 4) is 0 Å². The van der Waals surface area contributed by atoms with Gasteiger partial charge in [-0.15, -0.1) is 0 Å². The van der Waals surface area contributed by atoms with E-state index in [1.807, 2.05) is 30.5 Å². The van der Waals surface area contributed by atoms with Crippen LogP contribution >= 0.6 is 0 Å². The average molecular weight is 336 g/mol. The summed E-state index contributed by atoms with van der Waals surface area (Å²) in [6, 6.07) is 8.22. The van der Waals surface area contributed by atoms with Crippen molar-refractivity contribution in [2.24, 2.45) is 0 Å². The molecule has 3 aromatic rings. The minimum atomic E-state index is -4.54. The van der Waals surface area contributed by atoms with Crippen LogP contribution in [0.4, 0.5) is 18.9 Å². The van der Waals surface area contributed by atoms with E-state index in [9.17, 15) is 18.0 Å². The molecule has 0 unspecified atom stereocenters. The van der Waals surface area contributed by atoms with Crippen LogP contribution in [-0.4, -0.2) is 20.4 Å². The van der Waals surface area contributed by atoms with E-state index in [4.69, 9.17) is 0 Å². The molecule has 0 aliphatic rings. The fourth-order valence-electron chi connectivity index (χ4n) is 2.51. The lowest BCUT2D eigenvalue weighted by atomic mass is 10.2. The van der Waals surface area contributed by atoms with Gasteiger partial charge in [-0.05, 0) is 44.2 Å². The molecule has 5 nitrogen and oxygen atoms in total. The largest absolute Gasteiger partial charge is 0.449 e. The number of aromatic nitrogens is 3. The van der Waals surface area contributed by atoms with E-state index in [0.717, 1.165) is 11.4 Å². The molecule has 1 aromatic carbocycles. The second-order valence-electron chi connectivity index (χ2n) is 5.57. The van der Waals surface area contributed by atoms with Gasteiger partial charge in [-0.1, -0.05) is 0 Å². The van der Waals surface area contributed by atoms with Crippen LogP contribution in [0.2, 0.25) is 0 Å². The Bertz CT molecular complexity index is 888. The molecule has 0 radical (unpaired) electrons. The standard InChI is InChI=1S/C16H15F3N4O/c1-9-3-4-10(2)23(9)8-14(24)20-11-5-6-12-13(7-11)22-15(21-12)16(17,18)19/h3-7H,8H2,1-2H3,(H,20,24)(H,21,22). The van der Waals surface area contributed by atoms with Crippen LogP contribution in [0.25, 0.3) is 11.0 Å². The van der Waals surface area contributed by atoms with Crippen LogP contribution in [0, 0.1) is 13.8 Å². The second kappa shape index (κ2) is 5.70. The monoisotopic (exact) mass is 336 g/mol. The van der Waals surface area contributed by atoms with Crippen LogP contribution in [0.3, 0.4) is 0 Å². The fraction of sp³-hybridized carbons (Fsp3) is 0.250. The molecule has 0 saturated carbocycles. The Morgan fingerprint density at radius 2 is 1.88 bits per heavy atom. The highest BCUT2D eigenvalue weighted by atomic mass is 19.4. The van der Waals surface area contributed by atoms with Gasteiger partial charge in [0, 0.05) is 17.1 Å². The highest BCUT2D eigenvalue weighted by molar-refractivity contribution is 5.93. The van der Waals surface area contributed by atoms with Crippen molar-refractivity contribution in [1.29, 1.82) is 0 Å². The van der Waals surface area contributed by atoms with Crippen LogP contribution in [0.15, 0.2) is 30.3 Å². The number of H-pyrrole nitrogens is 1. The summed E-state index contributed by atoms with van der Waals surface area (Å²) in [5.41, 5.74) is 2.74. The number of amides is 1. The minimum absolute atomic E-state index is 0.138. The molecular weight excluding hydrogens is 321 g/mol. The van der Waals surface area contributed by atoms with E-state index in [1.165, 1.54) is 18.2 Å². The molecule has 0 aliphatic heterocycles. The van der Waals surface area contributed by atoms with Gasteiger partial charge in [0.05, 0.1) is 11.0 Å². The summed E-state index contributed by atoms with van der Waals surface area (Å²) < 4.78 is 39.8. The smallest absolute Gasteiger partial charge is 0.340 e. The predicted octanol–water partition coefficient (Wildman–Crippen LogP) is 3.64. The van der Waals surface area contributed by atoms with Gasteiger partial charge >= 0.3 is 6.18 Å². The summed E-state index contributed by atoms with van der Waals surface area (Å²) in [5.74, 6) is -1.31. The number of hydrogen-bond donors (Lipinski definition) is 2. The summed E-state index contributed by atoms with van der Waals surface area (Å²) in [7, 11) is 0. The van der Waals surface area contributed by atoms with Gasteiger partial charge in [0.15, 0.2) is 0 Å². The van der Waals surface area contributed by atoms with Crippen molar-refractivity contribution in [1.82, 2.24) is 14.5 Å². The topological polar surface area (TPSA) is 62.7 Å². The number of carbonyl (C=O) groups is 1. The van der Waals surface area contributed by atoms with Crippen LogP contribution in [-0.2, 0) is 17.5 Å². The van der Waals surface area contributed by atoms with Gasteiger partial charge < -0.3 is 14.9 Å². The Morgan fingerprint density at radius 1 is 1.21 bits per heavy atom. The summed E-state index contributed by atoms with van der Waals surface area (Å²) in [4.78, 5) is 17.9. The Labute approximate surface area is 135 Å². The molecule has 0 saturated heterocycles. The van der Waals surface area contributed by atoms with Crippen molar-refractivity contribution >= 4 is 22.6 Å². The Morgan fingerprint density at radius 3 is 2.50 bits per heavy atom. The molecule has 0 bridgehead atoms. The first-order valence-corrected chi connectivity index (χ1v) is 7.23. The number of anilines is 1. The number of imidazole rings is 1. The zero-order valence-corrected chi connectivity index (χ0v) is 13.0. The Kier molecular flexibility index (Phi) is 3.82. The van der Waals surface area contributed by atoms with Gasteiger partial charge in [-0.3, -0.25) is 4.79 Å². The highest BCUT2D eigenvalue weighted by Gasteiger charge is 2.34. The number of aromatic amines is 1. The van der Waals surface area contributed by atoms with Crippen LogP contribution < -0.4 is 5.32 Å². The number of fused-ring (bicyclic) bond motifs is 1. The number of nitrogens with one attached hydrogen (secondary N) is 2. The molecule has 126 valence electrons. The van der Waals surface area contributed by atoms with E-state index in [-0.39, 0.29) is 23.5 Å². The lowest BCUT2D eigenvalue weighted by Crippen LogP contribution is -2.20. The maximum atomic E-state index is 12.7. The molecule has 2 aromatic heterocycles.